The minimum atomic E-state index is -0.616. The second-order valence-electron chi connectivity index (χ2n) is 9.00. The number of hydrogen-bond donors (Lipinski definition) is 2. The average Bonchev–Trinajstić information content (AvgIpc) is 3.40. The van der Waals surface area contributed by atoms with Crippen LogP contribution in [-0.2, 0) is 4.79 Å². The van der Waals surface area contributed by atoms with Gasteiger partial charge in [-0.3, -0.25) is 4.79 Å². The van der Waals surface area contributed by atoms with Crippen molar-refractivity contribution in [2.75, 3.05) is 38.6 Å². The van der Waals surface area contributed by atoms with Gasteiger partial charge in [-0.25, -0.2) is 4.68 Å². The van der Waals surface area contributed by atoms with Crippen molar-refractivity contribution >= 4 is 17.5 Å². The van der Waals surface area contributed by atoms with E-state index in [2.05, 4.69) is 10.6 Å². The van der Waals surface area contributed by atoms with Gasteiger partial charge in [0.25, 0.3) is 5.91 Å². The van der Waals surface area contributed by atoms with Gasteiger partial charge in [0.15, 0.2) is 17.3 Å². The van der Waals surface area contributed by atoms with E-state index in [-0.39, 0.29) is 5.91 Å². The van der Waals surface area contributed by atoms with Crippen LogP contribution in [0.15, 0.2) is 78.0 Å². The van der Waals surface area contributed by atoms with Crippen LogP contribution in [0.4, 0.5) is 11.6 Å². The van der Waals surface area contributed by atoms with Crippen molar-refractivity contribution in [3.63, 3.8) is 0 Å². The Hall–Kier alpha value is -4.99. The third-order valence-electron chi connectivity index (χ3n) is 6.60. The van der Waals surface area contributed by atoms with E-state index >= 15 is 0 Å². The molecule has 0 fully saturated rings. The molecule has 0 aliphatic carbocycles. The molecule has 0 saturated carbocycles. The molecule has 0 saturated heterocycles. The zero-order valence-corrected chi connectivity index (χ0v) is 23.0. The Bertz CT molecular complexity index is 1560. The highest BCUT2D eigenvalue weighted by atomic mass is 16.5. The standard InChI is InChI=1S/C30H31N5O5/c1-6-40-24-16-13-20(17-25(24)39-5)27-26(29(36)32-22-9-7-8-10-23(22)38-4)18(2)31-30-33-28(34-35(27)30)19-11-14-21(37-3)15-12-19/h7-17,27H,6H2,1-5H3,(H,32,36)(H,31,33,34). The number of ether oxygens (including phenoxy) is 4. The van der Waals surface area contributed by atoms with Crippen molar-refractivity contribution in [3.8, 4) is 34.4 Å². The summed E-state index contributed by atoms with van der Waals surface area (Å²) in [6.45, 7) is 4.25. The first-order valence-corrected chi connectivity index (χ1v) is 12.8. The van der Waals surface area contributed by atoms with E-state index in [9.17, 15) is 4.79 Å². The SMILES string of the molecule is CCOc1ccc(C2C(C(=O)Nc3ccccc3OC)=C(C)Nc3nc(-c4ccc(OC)cc4)nn32)cc1OC. The van der Waals surface area contributed by atoms with E-state index in [1.54, 1.807) is 38.1 Å². The summed E-state index contributed by atoms with van der Waals surface area (Å²) >= 11 is 0. The average molecular weight is 542 g/mol. The number of fused-ring (bicyclic) bond motifs is 1. The first-order chi connectivity index (χ1) is 19.5. The van der Waals surface area contributed by atoms with Gasteiger partial charge in [-0.05, 0) is 67.9 Å². The molecular weight excluding hydrogens is 510 g/mol. The van der Waals surface area contributed by atoms with Crippen molar-refractivity contribution in [1.29, 1.82) is 0 Å². The Morgan fingerprint density at radius 1 is 0.950 bits per heavy atom. The number of anilines is 2. The summed E-state index contributed by atoms with van der Waals surface area (Å²) in [5.41, 5.74) is 3.26. The van der Waals surface area contributed by atoms with Crippen molar-refractivity contribution in [2.24, 2.45) is 0 Å². The number of carbonyl (C=O) groups excluding carboxylic acids is 1. The minimum absolute atomic E-state index is 0.306. The smallest absolute Gasteiger partial charge is 0.255 e. The molecule has 10 heteroatoms. The number of amides is 1. The molecule has 0 spiro atoms. The fourth-order valence-corrected chi connectivity index (χ4v) is 4.68. The van der Waals surface area contributed by atoms with Crippen molar-refractivity contribution in [3.05, 3.63) is 83.6 Å². The molecule has 1 unspecified atom stereocenters. The van der Waals surface area contributed by atoms with Gasteiger partial charge >= 0.3 is 0 Å². The molecule has 40 heavy (non-hydrogen) atoms. The molecule has 5 rings (SSSR count). The zero-order chi connectivity index (χ0) is 28.2. The lowest BCUT2D eigenvalue weighted by atomic mass is 9.94. The first kappa shape index (κ1) is 26.6. The number of aromatic nitrogens is 3. The highest BCUT2D eigenvalue weighted by molar-refractivity contribution is 6.06. The number of nitrogens with zero attached hydrogens (tertiary/aromatic N) is 3. The molecule has 1 atom stereocenters. The lowest BCUT2D eigenvalue weighted by Gasteiger charge is -2.29. The summed E-state index contributed by atoms with van der Waals surface area (Å²) in [6, 6.07) is 19.8. The predicted molar refractivity (Wildman–Crippen MR) is 152 cm³/mol. The second-order valence-corrected chi connectivity index (χ2v) is 9.00. The van der Waals surface area contributed by atoms with Crippen LogP contribution in [0.25, 0.3) is 11.4 Å². The summed E-state index contributed by atoms with van der Waals surface area (Å²) in [7, 11) is 4.77. The van der Waals surface area contributed by atoms with Crippen LogP contribution >= 0.6 is 0 Å². The number of carbonyl (C=O) groups is 1. The quantitative estimate of drug-likeness (QED) is 0.294. The summed E-state index contributed by atoms with van der Waals surface area (Å²) in [4.78, 5) is 18.7. The number of para-hydroxylation sites is 2. The summed E-state index contributed by atoms with van der Waals surface area (Å²) in [5.74, 6) is 3.17. The third-order valence-corrected chi connectivity index (χ3v) is 6.60. The molecule has 1 amide bonds. The van der Waals surface area contributed by atoms with E-state index in [0.29, 0.717) is 52.6 Å². The van der Waals surface area contributed by atoms with Gasteiger partial charge in [-0.15, -0.1) is 5.10 Å². The van der Waals surface area contributed by atoms with E-state index in [1.807, 2.05) is 68.4 Å². The minimum Gasteiger partial charge on any atom is -0.497 e. The van der Waals surface area contributed by atoms with Crippen molar-refractivity contribution in [2.45, 2.75) is 19.9 Å². The molecule has 10 nitrogen and oxygen atoms in total. The van der Waals surface area contributed by atoms with Crippen LogP contribution in [0.1, 0.15) is 25.5 Å². The maximum atomic E-state index is 13.9. The molecule has 1 aliphatic heterocycles. The molecule has 4 aromatic rings. The zero-order valence-electron chi connectivity index (χ0n) is 23.0. The van der Waals surface area contributed by atoms with Gasteiger partial charge in [0, 0.05) is 11.3 Å². The maximum Gasteiger partial charge on any atom is 0.255 e. The summed E-state index contributed by atoms with van der Waals surface area (Å²) < 4.78 is 23.8. The van der Waals surface area contributed by atoms with E-state index in [4.69, 9.17) is 29.0 Å². The second kappa shape index (κ2) is 11.4. The fourth-order valence-electron chi connectivity index (χ4n) is 4.68. The van der Waals surface area contributed by atoms with Gasteiger partial charge in [-0.2, -0.15) is 4.98 Å². The Morgan fingerprint density at radius 2 is 1.70 bits per heavy atom. The molecule has 0 bridgehead atoms. The van der Waals surface area contributed by atoms with Crippen molar-refractivity contribution in [1.82, 2.24) is 14.8 Å². The Morgan fingerprint density at radius 3 is 2.40 bits per heavy atom. The van der Waals surface area contributed by atoms with Crippen LogP contribution in [0.3, 0.4) is 0 Å². The van der Waals surface area contributed by atoms with Crippen LogP contribution < -0.4 is 29.6 Å². The van der Waals surface area contributed by atoms with Crippen LogP contribution in [-0.4, -0.2) is 48.6 Å². The summed E-state index contributed by atoms with van der Waals surface area (Å²) in [6.07, 6.45) is 0. The molecule has 1 aromatic heterocycles. The lowest BCUT2D eigenvalue weighted by Crippen LogP contribution is -2.31. The Labute approximate surface area is 232 Å². The molecule has 2 heterocycles. The Kier molecular flexibility index (Phi) is 7.59. The van der Waals surface area contributed by atoms with Crippen LogP contribution in [0, 0.1) is 0 Å². The normalized spacial score (nSPS) is 14.2. The number of allylic oxidation sites excluding steroid dienone is 1. The highest BCUT2D eigenvalue weighted by Crippen LogP contribution is 2.40. The van der Waals surface area contributed by atoms with E-state index < -0.39 is 6.04 Å². The largest absolute Gasteiger partial charge is 0.497 e. The molecule has 3 aromatic carbocycles. The molecule has 2 N–H and O–H groups in total. The number of nitrogens with one attached hydrogen (secondary N) is 2. The topological polar surface area (TPSA) is 109 Å². The Balaban J connectivity index is 1.61. The number of methoxy groups -OCH3 is 3. The van der Waals surface area contributed by atoms with Gasteiger partial charge in [0.05, 0.1) is 39.2 Å². The van der Waals surface area contributed by atoms with Gasteiger partial charge in [0.1, 0.15) is 17.5 Å². The molecule has 206 valence electrons. The number of benzene rings is 3. The maximum absolute atomic E-state index is 13.9. The number of hydrogen-bond acceptors (Lipinski definition) is 8. The van der Waals surface area contributed by atoms with Gasteiger partial charge < -0.3 is 29.6 Å². The van der Waals surface area contributed by atoms with E-state index in [0.717, 1.165) is 16.9 Å². The summed E-state index contributed by atoms with van der Waals surface area (Å²) in [5, 5.41) is 11.1. The van der Waals surface area contributed by atoms with Gasteiger partial charge in [0.2, 0.25) is 5.95 Å². The monoisotopic (exact) mass is 541 g/mol. The third kappa shape index (κ3) is 5.03. The highest BCUT2D eigenvalue weighted by Gasteiger charge is 2.35. The fraction of sp³-hybridized carbons (Fsp3) is 0.233. The van der Waals surface area contributed by atoms with E-state index in [1.165, 1.54) is 0 Å². The predicted octanol–water partition coefficient (Wildman–Crippen LogP) is 5.30. The molecular formula is C30H31N5O5. The molecule has 1 aliphatic rings. The van der Waals surface area contributed by atoms with Crippen LogP contribution in [0.5, 0.6) is 23.0 Å². The first-order valence-electron chi connectivity index (χ1n) is 12.8. The number of rotatable bonds is 9. The molecule has 0 radical (unpaired) electrons. The van der Waals surface area contributed by atoms with Gasteiger partial charge in [-0.1, -0.05) is 18.2 Å². The van der Waals surface area contributed by atoms with Crippen LogP contribution in [0.2, 0.25) is 0 Å². The van der Waals surface area contributed by atoms with Crippen molar-refractivity contribution < 1.29 is 23.7 Å². The lowest BCUT2D eigenvalue weighted by molar-refractivity contribution is -0.113.